The zero-order chi connectivity index (χ0) is 15.5. The first-order valence-electron chi connectivity index (χ1n) is 7.38. The van der Waals surface area contributed by atoms with Crippen LogP contribution in [0.4, 0.5) is 0 Å². The smallest absolute Gasteiger partial charge is 0.120 e. The minimum absolute atomic E-state index is 0.567. The summed E-state index contributed by atoms with van der Waals surface area (Å²) in [6, 6.07) is 11.5. The molecule has 21 heavy (non-hydrogen) atoms. The molecule has 1 aromatic rings. The van der Waals surface area contributed by atoms with Gasteiger partial charge in [0.05, 0.1) is 24.3 Å². The zero-order valence-electron chi connectivity index (χ0n) is 12.9. The Bertz CT molecular complexity index is 499. The molecular weight excluding hydrogens is 262 g/mol. The van der Waals surface area contributed by atoms with Crippen LogP contribution in [0.2, 0.25) is 0 Å². The van der Waals surface area contributed by atoms with Crippen molar-refractivity contribution < 1.29 is 4.74 Å². The lowest BCUT2D eigenvalue weighted by Crippen LogP contribution is -2.30. The molecular formula is C17H23N3O. The Kier molecular flexibility index (Phi) is 7.94. The monoisotopic (exact) mass is 285 g/mol. The van der Waals surface area contributed by atoms with Gasteiger partial charge in [0, 0.05) is 26.1 Å². The van der Waals surface area contributed by atoms with E-state index in [1.165, 1.54) is 0 Å². The van der Waals surface area contributed by atoms with Crippen LogP contribution in [0.5, 0.6) is 5.75 Å². The van der Waals surface area contributed by atoms with Crippen LogP contribution in [0, 0.1) is 28.6 Å². The first-order valence-corrected chi connectivity index (χ1v) is 7.38. The van der Waals surface area contributed by atoms with Gasteiger partial charge < -0.3 is 9.64 Å². The van der Waals surface area contributed by atoms with E-state index < -0.39 is 0 Å². The van der Waals surface area contributed by atoms with Gasteiger partial charge in [-0.25, -0.2) is 0 Å². The molecule has 0 N–H and O–H groups in total. The fourth-order valence-corrected chi connectivity index (χ4v) is 2.15. The maximum Gasteiger partial charge on any atom is 0.120 e. The average molecular weight is 285 g/mol. The van der Waals surface area contributed by atoms with E-state index >= 15 is 0 Å². The quantitative estimate of drug-likeness (QED) is 0.654. The van der Waals surface area contributed by atoms with Gasteiger partial charge >= 0.3 is 0 Å². The number of hydrogen-bond acceptors (Lipinski definition) is 4. The second-order valence-electron chi connectivity index (χ2n) is 5.44. The van der Waals surface area contributed by atoms with Crippen molar-refractivity contribution in [1.82, 2.24) is 4.90 Å². The molecule has 0 saturated heterocycles. The number of rotatable bonds is 9. The molecule has 0 saturated carbocycles. The van der Waals surface area contributed by atoms with Crippen molar-refractivity contribution in [2.24, 2.45) is 5.92 Å². The van der Waals surface area contributed by atoms with Crippen LogP contribution in [0.15, 0.2) is 24.3 Å². The van der Waals surface area contributed by atoms with Gasteiger partial charge in [0.25, 0.3) is 0 Å². The fourth-order valence-electron chi connectivity index (χ4n) is 2.15. The molecule has 0 radical (unpaired) electrons. The summed E-state index contributed by atoms with van der Waals surface area (Å²) in [6.45, 7) is 7.74. The van der Waals surface area contributed by atoms with Crippen LogP contribution in [-0.4, -0.2) is 31.1 Å². The van der Waals surface area contributed by atoms with Crippen LogP contribution in [0.1, 0.15) is 32.3 Å². The van der Waals surface area contributed by atoms with Crippen molar-refractivity contribution in [3.05, 3.63) is 29.8 Å². The van der Waals surface area contributed by atoms with Gasteiger partial charge in [-0.1, -0.05) is 19.9 Å². The van der Waals surface area contributed by atoms with Gasteiger partial charge in [-0.15, -0.1) is 0 Å². The highest BCUT2D eigenvalue weighted by molar-refractivity contribution is 5.36. The highest BCUT2D eigenvalue weighted by Crippen LogP contribution is 2.12. The van der Waals surface area contributed by atoms with Crippen LogP contribution < -0.4 is 4.74 Å². The molecule has 0 unspecified atom stereocenters. The lowest BCUT2D eigenvalue weighted by atomic mass is 10.2. The van der Waals surface area contributed by atoms with Crippen LogP contribution in [0.3, 0.4) is 0 Å². The summed E-state index contributed by atoms with van der Waals surface area (Å²) in [6.07, 6.45) is 1.48. The largest absolute Gasteiger partial charge is 0.494 e. The van der Waals surface area contributed by atoms with Gasteiger partial charge in [-0.2, -0.15) is 10.5 Å². The molecule has 4 heteroatoms. The first-order chi connectivity index (χ1) is 10.2. The van der Waals surface area contributed by atoms with E-state index in [2.05, 4.69) is 30.9 Å². The molecule has 4 nitrogen and oxygen atoms in total. The van der Waals surface area contributed by atoms with Crippen LogP contribution in [-0.2, 0) is 0 Å². The Balaban J connectivity index is 2.33. The lowest BCUT2D eigenvalue weighted by Gasteiger charge is -2.23. The van der Waals surface area contributed by atoms with E-state index in [-0.39, 0.29) is 0 Å². The number of benzene rings is 1. The van der Waals surface area contributed by atoms with Gasteiger partial charge in [-0.3, -0.25) is 0 Å². The van der Waals surface area contributed by atoms with Crippen molar-refractivity contribution in [2.45, 2.75) is 26.7 Å². The molecule has 1 aromatic carbocycles. The standard InChI is InChI=1S/C17H23N3O/c1-15(2)14-20(9-4-8-18)10-5-11-21-17-7-3-6-16(12-17)13-19/h3,6-7,12,15H,4-5,9-11,14H2,1-2H3. The third-order valence-corrected chi connectivity index (χ3v) is 3.01. The van der Waals surface area contributed by atoms with Gasteiger partial charge in [0.2, 0.25) is 0 Å². The SMILES string of the molecule is CC(C)CN(CCC#N)CCCOc1cccc(C#N)c1. The topological polar surface area (TPSA) is 60.1 Å². The third-order valence-electron chi connectivity index (χ3n) is 3.01. The lowest BCUT2D eigenvalue weighted by molar-refractivity contribution is 0.219. The first kappa shape index (κ1) is 17.0. The summed E-state index contributed by atoms with van der Waals surface area (Å²) in [5.41, 5.74) is 0.614. The van der Waals surface area contributed by atoms with Gasteiger partial charge in [-0.05, 0) is 30.5 Å². The molecule has 0 aliphatic rings. The minimum atomic E-state index is 0.567. The molecule has 0 aromatic heterocycles. The second kappa shape index (κ2) is 9.80. The van der Waals surface area contributed by atoms with Gasteiger partial charge in [0.15, 0.2) is 0 Å². The van der Waals surface area contributed by atoms with E-state index in [9.17, 15) is 0 Å². The van der Waals surface area contributed by atoms with E-state index in [0.717, 1.165) is 31.8 Å². The van der Waals surface area contributed by atoms with E-state index in [1.54, 1.807) is 12.1 Å². The van der Waals surface area contributed by atoms with E-state index in [4.69, 9.17) is 15.3 Å². The molecule has 0 aliphatic heterocycles. The van der Waals surface area contributed by atoms with Crippen molar-refractivity contribution in [3.8, 4) is 17.9 Å². The zero-order valence-corrected chi connectivity index (χ0v) is 12.9. The normalized spacial score (nSPS) is 10.4. The highest BCUT2D eigenvalue weighted by Gasteiger charge is 2.07. The van der Waals surface area contributed by atoms with Crippen molar-refractivity contribution in [1.29, 1.82) is 10.5 Å². The van der Waals surface area contributed by atoms with E-state index in [0.29, 0.717) is 24.5 Å². The molecule has 0 atom stereocenters. The molecule has 0 spiro atoms. The van der Waals surface area contributed by atoms with Crippen LogP contribution >= 0.6 is 0 Å². The number of nitrogens with zero attached hydrogens (tertiary/aromatic N) is 3. The highest BCUT2D eigenvalue weighted by atomic mass is 16.5. The number of nitriles is 2. The predicted molar refractivity (Wildman–Crippen MR) is 82.8 cm³/mol. The summed E-state index contributed by atoms with van der Waals surface area (Å²) in [5, 5.41) is 17.5. The predicted octanol–water partition coefficient (Wildman–Crippen LogP) is 3.20. The maximum absolute atomic E-state index is 8.83. The summed E-state index contributed by atoms with van der Waals surface area (Å²) < 4.78 is 5.67. The number of ether oxygens (including phenoxy) is 1. The molecule has 1 rings (SSSR count). The average Bonchev–Trinajstić information content (AvgIpc) is 2.48. The second-order valence-corrected chi connectivity index (χ2v) is 5.44. The Labute approximate surface area is 127 Å². The summed E-state index contributed by atoms with van der Waals surface area (Å²) in [7, 11) is 0. The molecule has 112 valence electrons. The Morgan fingerprint density at radius 3 is 2.71 bits per heavy atom. The number of hydrogen-bond donors (Lipinski definition) is 0. The Morgan fingerprint density at radius 1 is 1.24 bits per heavy atom. The summed E-state index contributed by atoms with van der Waals surface area (Å²) in [5.74, 6) is 1.33. The fraction of sp³-hybridized carbons (Fsp3) is 0.529. The molecule has 0 bridgehead atoms. The molecule has 0 amide bonds. The van der Waals surface area contributed by atoms with Crippen molar-refractivity contribution in [2.75, 3.05) is 26.2 Å². The molecule has 0 aliphatic carbocycles. The third kappa shape index (κ3) is 7.34. The van der Waals surface area contributed by atoms with Crippen molar-refractivity contribution in [3.63, 3.8) is 0 Å². The van der Waals surface area contributed by atoms with Crippen molar-refractivity contribution >= 4 is 0 Å². The van der Waals surface area contributed by atoms with Crippen LogP contribution in [0.25, 0.3) is 0 Å². The summed E-state index contributed by atoms with van der Waals surface area (Å²) in [4.78, 5) is 2.31. The van der Waals surface area contributed by atoms with Gasteiger partial charge in [0.1, 0.15) is 5.75 Å². The molecule has 0 heterocycles. The minimum Gasteiger partial charge on any atom is -0.494 e. The van der Waals surface area contributed by atoms with E-state index in [1.807, 2.05) is 12.1 Å². The Morgan fingerprint density at radius 2 is 2.05 bits per heavy atom. The molecule has 0 fully saturated rings. The Hall–Kier alpha value is -2.04. The summed E-state index contributed by atoms with van der Waals surface area (Å²) >= 11 is 0. The maximum atomic E-state index is 8.83.